The summed E-state index contributed by atoms with van der Waals surface area (Å²) in [5.41, 5.74) is -1.07. The fourth-order valence-corrected chi connectivity index (χ4v) is 1.25. The molecule has 7 nitrogen and oxygen atoms in total. The van der Waals surface area contributed by atoms with Crippen molar-refractivity contribution in [1.29, 1.82) is 0 Å². The van der Waals surface area contributed by atoms with E-state index in [4.69, 9.17) is 0 Å². The van der Waals surface area contributed by atoms with Crippen LogP contribution in [0.4, 0.5) is 5.69 Å². The minimum absolute atomic E-state index is 0.112. The summed E-state index contributed by atoms with van der Waals surface area (Å²) in [6.07, 6.45) is 1.22. The van der Waals surface area contributed by atoms with Crippen LogP contribution in [0, 0.1) is 28.9 Å². The molecule has 0 saturated carbocycles. The van der Waals surface area contributed by atoms with Crippen LogP contribution in [-0.2, 0) is 9.53 Å². The molecular formula is C11H10N2O5. The monoisotopic (exact) mass is 250 g/mol. The van der Waals surface area contributed by atoms with Crippen molar-refractivity contribution in [2.75, 3.05) is 6.61 Å². The van der Waals surface area contributed by atoms with Gasteiger partial charge in [-0.2, -0.15) is 0 Å². The first-order chi connectivity index (χ1) is 8.47. The van der Waals surface area contributed by atoms with Crippen LogP contribution in [-0.4, -0.2) is 22.5 Å². The lowest BCUT2D eigenvalue weighted by Crippen LogP contribution is -2.13. The van der Waals surface area contributed by atoms with Gasteiger partial charge in [0.1, 0.15) is 0 Å². The highest BCUT2D eigenvalue weighted by Crippen LogP contribution is 2.14. The fourth-order valence-electron chi connectivity index (χ4n) is 1.25. The summed E-state index contributed by atoms with van der Waals surface area (Å²) in [6, 6.07) is 0. The molecule has 1 aromatic rings. The summed E-state index contributed by atoms with van der Waals surface area (Å²) >= 11 is 0. The summed E-state index contributed by atoms with van der Waals surface area (Å²) in [6.45, 7) is 3.22. The fraction of sp³-hybridized carbons (Fsp3) is 0.273. The molecule has 0 spiro atoms. The van der Waals surface area contributed by atoms with Gasteiger partial charge in [0.2, 0.25) is 0 Å². The predicted molar refractivity (Wildman–Crippen MR) is 62.0 cm³/mol. The number of aromatic nitrogens is 1. The third-order valence-electron chi connectivity index (χ3n) is 2.08. The number of esters is 1. The number of ether oxygens (including phenoxy) is 1. The Kier molecular flexibility index (Phi) is 4.21. The van der Waals surface area contributed by atoms with Crippen LogP contribution in [0.3, 0.4) is 0 Å². The zero-order chi connectivity index (χ0) is 13.7. The van der Waals surface area contributed by atoms with Crippen molar-refractivity contribution >= 4 is 11.7 Å². The Morgan fingerprint density at radius 3 is 2.83 bits per heavy atom. The number of aromatic amines is 1. The second-order valence-electron chi connectivity index (χ2n) is 3.23. The molecule has 1 aromatic heterocycles. The van der Waals surface area contributed by atoms with E-state index in [2.05, 4.69) is 21.6 Å². The van der Waals surface area contributed by atoms with Crippen LogP contribution >= 0.6 is 0 Å². The largest absolute Gasteiger partial charge is 0.456 e. The Labute approximate surface area is 102 Å². The topological polar surface area (TPSA) is 102 Å². The van der Waals surface area contributed by atoms with E-state index in [-0.39, 0.29) is 17.7 Å². The summed E-state index contributed by atoms with van der Waals surface area (Å²) < 4.78 is 4.59. The molecule has 0 amide bonds. The highest BCUT2D eigenvalue weighted by atomic mass is 16.6. The van der Waals surface area contributed by atoms with Crippen LogP contribution in [0.1, 0.15) is 18.1 Å². The molecule has 94 valence electrons. The molecule has 1 heterocycles. The van der Waals surface area contributed by atoms with Gasteiger partial charge in [0.15, 0.2) is 0 Å². The van der Waals surface area contributed by atoms with Gasteiger partial charge in [-0.25, -0.2) is 4.79 Å². The van der Waals surface area contributed by atoms with Gasteiger partial charge in [-0.1, -0.05) is 5.92 Å². The third kappa shape index (κ3) is 2.95. The van der Waals surface area contributed by atoms with Crippen molar-refractivity contribution in [1.82, 2.24) is 4.98 Å². The maximum absolute atomic E-state index is 11.2. The molecule has 0 aliphatic rings. The number of H-pyrrole nitrogens is 1. The van der Waals surface area contributed by atoms with Crippen molar-refractivity contribution in [2.24, 2.45) is 0 Å². The maximum atomic E-state index is 11.2. The summed E-state index contributed by atoms with van der Waals surface area (Å²) in [5, 5.41) is 10.7. The Morgan fingerprint density at radius 1 is 1.61 bits per heavy atom. The summed E-state index contributed by atoms with van der Waals surface area (Å²) in [5.74, 6) is 3.86. The van der Waals surface area contributed by atoms with E-state index in [0.717, 1.165) is 0 Å². The van der Waals surface area contributed by atoms with Gasteiger partial charge in [-0.15, -0.1) is 0 Å². The van der Waals surface area contributed by atoms with Gasteiger partial charge in [0.25, 0.3) is 0 Å². The maximum Gasteiger partial charge on any atom is 0.384 e. The number of hydrogen-bond acceptors (Lipinski definition) is 5. The molecule has 0 unspecified atom stereocenters. The van der Waals surface area contributed by atoms with Crippen LogP contribution in [0.2, 0.25) is 0 Å². The highest BCUT2D eigenvalue weighted by Gasteiger charge is 2.18. The lowest BCUT2D eigenvalue weighted by atomic mass is 10.1. The Balaban J connectivity index is 3.20. The molecule has 1 N–H and O–H groups in total. The standard InChI is InChI=1S/C11H10N2O5/c1-3-18-9(14)5-4-8-6-12-11(15)10(7(8)2)13(16)17/h6H,3H2,1-2H3,(H,12,15). The first-order valence-corrected chi connectivity index (χ1v) is 5.02. The lowest BCUT2D eigenvalue weighted by molar-refractivity contribution is -0.386. The number of carbonyl (C=O) groups excluding carboxylic acids is 1. The van der Waals surface area contributed by atoms with Gasteiger partial charge in [0.05, 0.1) is 17.1 Å². The van der Waals surface area contributed by atoms with Crippen LogP contribution in [0.5, 0.6) is 0 Å². The molecular weight excluding hydrogens is 240 g/mol. The van der Waals surface area contributed by atoms with E-state index in [1.54, 1.807) is 6.92 Å². The van der Waals surface area contributed by atoms with Crippen molar-refractivity contribution in [3.63, 3.8) is 0 Å². The van der Waals surface area contributed by atoms with E-state index in [0.29, 0.717) is 0 Å². The molecule has 0 aromatic carbocycles. The van der Waals surface area contributed by atoms with Gasteiger partial charge < -0.3 is 9.72 Å². The first kappa shape index (κ1) is 13.4. The van der Waals surface area contributed by atoms with E-state index in [9.17, 15) is 19.7 Å². The number of hydrogen-bond donors (Lipinski definition) is 1. The Hall–Kier alpha value is -2.62. The number of rotatable bonds is 2. The summed E-state index contributed by atoms with van der Waals surface area (Å²) in [4.78, 5) is 34.3. The molecule has 0 aliphatic carbocycles. The van der Waals surface area contributed by atoms with E-state index in [1.165, 1.54) is 13.1 Å². The quantitative estimate of drug-likeness (QED) is 0.356. The SMILES string of the molecule is CCOC(=O)C#Cc1c[nH]c(=O)c([N+](=O)[O-])c1C. The number of nitro groups is 1. The van der Waals surface area contributed by atoms with Gasteiger partial charge >= 0.3 is 17.2 Å². The number of nitrogens with zero attached hydrogens (tertiary/aromatic N) is 1. The lowest BCUT2D eigenvalue weighted by Gasteiger charge is -1.98. The van der Waals surface area contributed by atoms with Crippen LogP contribution < -0.4 is 5.56 Å². The minimum Gasteiger partial charge on any atom is -0.456 e. The molecule has 0 atom stereocenters. The van der Waals surface area contributed by atoms with Crippen molar-refractivity contribution in [2.45, 2.75) is 13.8 Å². The van der Waals surface area contributed by atoms with Gasteiger partial charge in [0, 0.05) is 17.7 Å². The van der Waals surface area contributed by atoms with Crippen molar-refractivity contribution in [3.8, 4) is 11.8 Å². The van der Waals surface area contributed by atoms with Crippen LogP contribution in [0.15, 0.2) is 11.0 Å². The Morgan fingerprint density at radius 2 is 2.28 bits per heavy atom. The number of carbonyl (C=O) groups is 1. The second-order valence-corrected chi connectivity index (χ2v) is 3.23. The first-order valence-electron chi connectivity index (χ1n) is 5.02. The molecule has 18 heavy (non-hydrogen) atoms. The smallest absolute Gasteiger partial charge is 0.384 e. The molecule has 0 fully saturated rings. The highest BCUT2D eigenvalue weighted by molar-refractivity contribution is 5.89. The average molecular weight is 250 g/mol. The van der Waals surface area contributed by atoms with Crippen molar-refractivity contribution < 1.29 is 14.5 Å². The molecule has 7 heteroatoms. The van der Waals surface area contributed by atoms with E-state index < -0.39 is 22.1 Å². The number of pyridine rings is 1. The second kappa shape index (κ2) is 5.63. The predicted octanol–water partition coefficient (Wildman–Crippen LogP) is 0.506. The van der Waals surface area contributed by atoms with Gasteiger partial charge in [-0.3, -0.25) is 14.9 Å². The van der Waals surface area contributed by atoms with E-state index in [1.807, 2.05) is 0 Å². The molecule has 0 saturated heterocycles. The zero-order valence-corrected chi connectivity index (χ0v) is 9.77. The molecule has 0 bridgehead atoms. The number of nitrogens with one attached hydrogen (secondary N) is 1. The zero-order valence-electron chi connectivity index (χ0n) is 9.77. The van der Waals surface area contributed by atoms with Crippen molar-refractivity contribution in [3.05, 3.63) is 37.8 Å². The summed E-state index contributed by atoms with van der Waals surface area (Å²) in [7, 11) is 0. The third-order valence-corrected chi connectivity index (χ3v) is 2.08. The van der Waals surface area contributed by atoms with Gasteiger partial charge in [-0.05, 0) is 13.8 Å². The normalized spacial score (nSPS) is 9.22. The molecule has 0 radical (unpaired) electrons. The molecule has 1 rings (SSSR count). The average Bonchev–Trinajstić information content (AvgIpc) is 2.28. The van der Waals surface area contributed by atoms with E-state index >= 15 is 0 Å². The minimum atomic E-state index is -0.806. The van der Waals surface area contributed by atoms with Crippen LogP contribution in [0.25, 0.3) is 0 Å². The Bertz CT molecular complexity index is 606. The molecule has 0 aliphatic heterocycles.